The van der Waals surface area contributed by atoms with Gasteiger partial charge in [-0.1, -0.05) is 0 Å². The summed E-state index contributed by atoms with van der Waals surface area (Å²) in [6.07, 6.45) is 1.16. The van der Waals surface area contributed by atoms with E-state index in [1.807, 2.05) is 29.7 Å². The molecule has 0 saturated carbocycles. The lowest BCUT2D eigenvalue weighted by Gasteiger charge is -2.26. The molecule has 0 fully saturated rings. The van der Waals surface area contributed by atoms with Gasteiger partial charge in [0, 0.05) is 29.4 Å². The first kappa shape index (κ1) is 12.1. The minimum Gasteiger partial charge on any atom is -0.343 e. The van der Waals surface area contributed by atoms with Crippen LogP contribution < -0.4 is 10.2 Å². The second-order valence-electron chi connectivity index (χ2n) is 4.58. The molecule has 1 N–H and O–H groups in total. The number of rotatable bonds is 3. The monoisotopic (exact) mass is 279 g/mol. The van der Waals surface area contributed by atoms with Gasteiger partial charge in [0.15, 0.2) is 5.13 Å². The van der Waals surface area contributed by atoms with Gasteiger partial charge in [-0.3, -0.25) is 0 Å². The first-order chi connectivity index (χ1) is 8.78. The van der Waals surface area contributed by atoms with Gasteiger partial charge in [-0.15, -0.1) is 22.7 Å². The highest BCUT2D eigenvalue weighted by atomic mass is 32.1. The van der Waals surface area contributed by atoms with Crippen molar-refractivity contribution in [3.63, 3.8) is 0 Å². The fourth-order valence-electron chi connectivity index (χ4n) is 2.28. The second-order valence-corrected chi connectivity index (χ2v) is 6.64. The van der Waals surface area contributed by atoms with Crippen molar-refractivity contribution >= 4 is 27.8 Å². The van der Waals surface area contributed by atoms with Crippen LogP contribution in [0, 0.1) is 6.92 Å². The lowest BCUT2D eigenvalue weighted by atomic mass is 10.1. The molecule has 0 aliphatic carbocycles. The molecule has 2 aromatic heterocycles. The highest BCUT2D eigenvalue weighted by Gasteiger charge is 2.20. The van der Waals surface area contributed by atoms with Crippen LogP contribution in [0.3, 0.4) is 0 Å². The average molecular weight is 279 g/mol. The zero-order valence-electron chi connectivity index (χ0n) is 10.7. The van der Waals surface area contributed by atoms with Gasteiger partial charge in [-0.25, -0.2) is 4.98 Å². The molecule has 1 aliphatic heterocycles. The molecule has 18 heavy (non-hydrogen) atoms. The van der Waals surface area contributed by atoms with Gasteiger partial charge in [0.05, 0.1) is 5.69 Å². The summed E-state index contributed by atoms with van der Waals surface area (Å²) in [4.78, 5) is 10.0. The van der Waals surface area contributed by atoms with Crippen molar-refractivity contribution in [1.29, 1.82) is 0 Å². The average Bonchev–Trinajstić information content (AvgIpc) is 2.96. The molecule has 0 atom stereocenters. The van der Waals surface area contributed by atoms with E-state index in [2.05, 4.69) is 28.6 Å². The van der Waals surface area contributed by atoms with E-state index < -0.39 is 0 Å². The summed E-state index contributed by atoms with van der Waals surface area (Å²) in [6, 6.07) is 2.25. The molecule has 96 valence electrons. The van der Waals surface area contributed by atoms with Gasteiger partial charge >= 0.3 is 0 Å². The first-order valence-corrected chi connectivity index (χ1v) is 7.88. The molecule has 0 saturated heterocycles. The van der Waals surface area contributed by atoms with E-state index in [1.165, 1.54) is 21.3 Å². The minimum absolute atomic E-state index is 0.918. The minimum atomic E-state index is 0.918. The second kappa shape index (κ2) is 4.99. The van der Waals surface area contributed by atoms with Crippen molar-refractivity contribution in [3.05, 3.63) is 32.5 Å². The number of aromatic nitrogens is 1. The molecule has 3 rings (SSSR count). The van der Waals surface area contributed by atoms with Crippen LogP contribution in [0.5, 0.6) is 0 Å². The predicted molar refractivity (Wildman–Crippen MR) is 78.7 cm³/mol. The molecular formula is C13H17N3S2. The Bertz CT molecular complexity index is 544. The lowest BCUT2D eigenvalue weighted by molar-refractivity contribution is 0.739. The van der Waals surface area contributed by atoms with E-state index >= 15 is 0 Å². The maximum absolute atomic E-state index is 4.72. The summed E-state index contributed by atoms with van der Waals surface area (Å²) in [6.45, 7) is 5.14. The Morgan fingerprint density at radius 3 is 3.22 bits per heavy atom. The van der Waals surface area contributed by atoms with Gasteiger partial charge in [0.25, 0.3) is 0 Å². The molecule has 3 heterocycles. The number of aryl methyl sites for hydroxylation is 1. The molecule has 0 unspecified atom stereocenters. The third-order valence-corrected chi connectivity index (χ3v) is 5.54. The van der Waals surface area contributed by atoms with E-state index in [9.17, 15) is 0 Å². The number of thiophene rings is 1. The van der Waals surface area contributed by atoms with Crippen molar-refractivity contribution in [1.82, 2.24) is 10.3 Å². The number of hydrogen-bond donors (Lipinski definition) is 1. The predicted octanol–water partition coefficient (Wildman–Crippen LogP) is 2.80. The van der Waals surface area contributed by atoms with Crippen LogP contribution >= 0.6 is 22.7 Å². The van der Waals surface area contributed by atoms with E-state index in [0.717, 1.165) is 26.1 Å². The Labute approximate surface area is 115 Å². The topological polar surface area (TPSA) is 28.2 Å². The maximum Gasteiger partial charge on any atom is 0.186 e. The van der Waals surface area contributed by atoms with Crippen LogP contribution in [0.1, 0.15) is 21.0 Å². The highest BCUT2D eigenvalue weighted by molar-refractivity contribution is 7.15. The molecule has 1 aliphatic rings. The van der Waals surface area contributed by atoms with Crippen molar-refractivity contribution in [2.75, 3.05) is 18.5 Å². The van der Waals surface area contributed by atoms with Crippen molar-refractivity contribution in [2.24, 2.45) is 0 Å². The van der Waals surface area contributed by atoms with E-state index in [-0.39, 0.29) is 0 Å². The molecule has 0 amide bonds. The number of anilines is 1. The van der Waals surface area contributed by atoms with Gasteiger partial charge in [0.2, 0.25) is 0 Å². The number of fused-ring (bicyclic) bond motifs is 1. The van der Waals surface area contributed by atoms with Crippen LogP contribution in [-0.4, -0.2) is 18.6 Å². The molecule has 3 nitrogen and oxygen atoms in total. The lowest BCUT2D eigenvalue weighted by Crippen LogP contribution is -2.29. The van der Waals surface area contributed by atoms with E-state index in [4.69, 9.17) is 4.98 Å². The third kappa shape index (κ3) is 2.18. The fraction of sp³-hybridized carbons (Fsp3) is 0.462. The highest BCUT2D eigenvalue weighted by Crippen LogP contribution is 2.31. The molecular weight excluding hydrogens is 262 g/mol. The molecule has 0 aromatic carbocycles. The largest absolute Gasteiger partial charge is 0.343 e. The third-order valence-electron chi connectivity index (χ3n) is 3.30. The number of nitrogens with zero attached hydrogens (tertiary/aromatic N) is 2. The Morgan fingerprint density at radius 1 is 1.50 bits per heavy atom. The summed E-state index contributed by atoms with van der Waals surface area (Å²) in [5.74, 6) is 0. The van der Waals surface area contributed by atoms with Crippen molar-refractivity contribution in [2.45, 2.75) is 26.4 Å². The van der Waals surface area contributed by atoms with Gasteiger partial charge in [-0.05, 0) is 37.4 Å². The van der Waals surface area contributed by atoms with E-state index in [0.29, 0.717) is 0 Å². The Morgan fingerprint density at radius 2 is 2.39 bits per heavy atom. The van der Waals surface area contributed by atoms with Crippen LogP contribution in [0.15, 0.2) is 11.4 Å². The van der Waals surface area contributed by atoms with E-state index in [1.54, 1.807) is 4.88 Å². The molecule has 0 spiro atoms. The summed E-state index contributed by atoms with van der Waals surface area (Å²) < 4.78 is 0. The SMILES string of the molecule is CNCc1sc(N2CCc3sccc3C2)nc1C. The Balaban J connectivity index is 1.82. The van der Waals surface area contributed by atoms with Crippen LogP contribution in [-0.2, 0) is 19.5 Å². The number of nitrogens with one attached hydrogen (secondary N) is 1. The number of hydrogen-bond acceptors (Lipinski definition) is 5. The quantitative estimate of drug-likeness (QED) is 0.936. The fourth-order valence-corrected chi connectivity index (χ4v) is 4.27. The summed E-state index contributed by atoms with van der Waals surface area (Å²) >= 11 is 3.71. The number of thiazole rings is 1. The zero-order valence-corrected chi connectivity index (χ0v) is 12.3. The summed E-state index contributed by atoms with van der Waals surface area (Å²) in [7, 11) is 1.98. The van der Waals surface area contributed by atoms with Crippen LogP contribution in [0.4, 0.5) is 5.13 Å². The standard InChI is InChI=1S/C13H17N3S2/c1-9-12(7-14-2)18-13(15-9)16-5-3-11-10(8-16)4-6-17-11/h4,6,14H,3,5,7-8H2,1-2H3. The maximum atomic E-state index is 4.72. The summed E-state index contributed by atoms with van der Waals surface area (Å²) in [5, 5.41) is 6.58. The molecule has 0 bridgehead atoms. The van der Waals surface area contributed by atoms with Gasteiger partial charge in [-0.2, -0.15) is 0 Å². The van der Waals surface area contributed by atoms with Crippen molar-refractivity contribution in [3.8, 4) is 0 Å². The first-order valence-electron chi connectivity index (χ1n) is 6.19. The molecule has 2 aromatic rings. The zero-order chi connectivity index (χ0) is 12.5. The Hall–Kier alpha value is -0.910. The van der Waals surface area contributed by atoms with Gasteiger partial charge < -0.3 is 10.2 Å². The normalized spacial score (nSPS) is 14.9. The smallest absolute Gasteiger partial charge is 0.186 e. The molecule has 0 radical (unpaired) electrons. The Kier molecular flexibility index (Phi) is 3.37. The van der Waals surface area contributed by atoms with Crippen LogP contribution in [0.2, 0.25) is 0 Å². The van der Waals surface area contributed by atoms with Crippen LogP contribution in [0.25, 0.3) is 0 Å². The molecule has 5 heteroatoms. The van der Waals surface area contributed by atoms with Crippen molar-refractivity contribution < 1.29 is 0 Å². The summed E-state index contributed by atoms with van der Waals surface area (Å²) in [5.41, 5.74) is 2.65. The van der Waals surface area contributed by atoms with Gasteiger partial charge in [0.1, 0.15) is 0 Å².